The van der Waals surface area contributed by atoms with Crippen molar-refractivity contribution in [1.29, 1.82) is 0 Å². The Morgan fingerprint density at radius 1 is 1.50 bits per heavy atom. The highest BCUT2D eigenvalue weighted by atomic mass is 16.1. The summed E-state index contributed by atoms with van der Waals surface area (Å²) in [6, 6.07) is 0.583. The van der Waals surface area contributed by atoms with Crippen molar-refractivity contribution in [1.82, 2.24) is 10.2 Å². The van der Waals surface area contributed by atoms with Gasteiger partial charge in [-0.3, -0.25) is 4.79 Å². The summed E-state index contributed by atoms with van der Waals surface area (Å²) in [5.74, 6) is 0.655. The number of nitrogens with one attached hydrogen (secondary N) is 1. The third kappa shape index (κ3) is 4.58. The molecule has 1 unspecified atom stereocenters. The second-order valence-electron chi connectivity index (χ2n) is 6.08. The number of carbonyl (C=O) groups is 1. The van der Waals surface area contributed by atoms with Crippen LogP contribution in [0.1, 0.15) is 46.5 Å². The molecule has 0 radical (unpaired) electrons. The topological polar surface area (TPSA) is 58.4 Å². The molecule has 1 aliphatic rings. The first-order valence-electron chi connectivity index (χ1n) is 7.12. The lowest BCUT2D eigenvalue weighted by atomic mass is 9.95. The van der Waals surface area contributed by atoms with E-state index in [1.807, 2.05) is 6.92 Å². The molecule has 3 N–H and O–H groups in total. The van der Waals surface area contributed by atoms with E-state index in [1.54, 1.807) is 7.05 Å². The molecule has 0 aromatic heterocycles. The zero-order chi connectivity index (χ0) is 13.8. The highest BCUT2D eigenvalue weighted by Gasteiger charge is 2.29. The standard InChI is InChI=1S/C14H29N3O/c1-11(2)17(10-12-6-7-12)9-5-8-14(3,16-4)13(15)18/h11-12,16H,5-10H2,1-4H3,(H2,15,18). The number of nitrogens with two attached hydrogens (primary N) is 1. The summed E-state index contributed by atoms with van der Waals surface area (Å²) in [6.07, 6.45) is 4.58. The minimum atomic E-state index is -0.567. The molecule has 0 aromatic rings. The van der Waals surface area contributed by atoms with Crippen LogP contribution in [0.2, 0.25) is 0 Å². The van der Waals surface area contributed by atoms with Crippen LogP contribution in [0.3, 0.4) is 0 Å². The Morgan fingerprint density at radius 2 is 2.11 bits per heavy atom. The van der Waals surface area contributed by atoms with E-state index < -0.39 is 5.54 Å². The number of primary amides is 1. The number of hydrogen-bond donors (Lipinski definition) is 2. The molecule has 0 saturated heterocycles. The number of likely N-dealkylation sites (N-methyl/N-ethyl adjacent to an activating group) is 1. The van der Waals surface area contributed by atoms with E-state index in [-0.39, 0.29) is 5.91 Å². The van der Waals surface area contributed by atoms with Crippen molar-refractivity contribution in [3.8, 4) is 0 Å². The van der Waals surface area contributed by atoms with Crippen LogP contribution in [-0.4, -0.2) is 42.5 Å². The molecule has 4 nitrogen and oxygen atoms in total. The van der Waals surface area contributed by atoms with E-state index in [0.717, 1.165) is 25.3 Å². The molecule has 1 atom stereocenters. The Labute approximate surface area is 111 Å². The molecule has 1 amide bonds. The third-order valence-electron chi connectivity index (χ3n) is 4.14. The van der Waals surface area contributed by atoms with Crippen LogP contribution < -0.4 is 11.1 Å². The first-order valence-corrected chi connectivity index (χ1v) is 7.12. The van der Waals surface area contributed by atoms with Gasteiger partial charge in [-0.25, -0.2) is 0 Å². The first-order chi connectivity index (χ1) is 8.39. The van der Waals surface area contributed by atoms with Crippen molar-refractivity contribution >= 4 is 5.91 Å². The SMILES string of the molecule is CNC(C)(CCCN(CC1CC1)C(C)C)C(N)=O. The molecule has 1 fully saturated rings. The van der Waals surface area contributed by atoms with E-state index in [0.29, 0.717) is 6.04 Å². The first kappa shape index (κ1) is 15.4. The summed E-state index contributed by atoms with van der Waals surface area (Å²) in [5, 5.41) is 3.04. The second-order valence-corrected chi connectivity index (χ2v) is 6.08. The van der Waals surface area contributed by atoms with Crippen LogP contribution in [0.25, 0.3) is 0 Å². The summed E-state index contributed by atoms with van der Waals surface area (Å²) in [7, 11) is 1.80. The minimum absolute atomic E-state index is 0.261. The molecule has 0 bridgehead atoms. The molecular weight excluding hydrogens is 226 g/mol. The maximum atomic E-state index is 11.4. The Bertz CT molecular complexity index is 276. The van der Waals surface area contributed by atoms with Crippen molar-refractivity contribution < 1.29 is 4.79 Å². The van der Waals surface area contributed by atoms with Gasteiger partial charge < -0.3 is 16.0 Å². The zero-order valence-electron chi connectivity index (χ0n) is 12.3. The summed E-state index contributed by atoms with van der Waals surface area (Å²) in [4.78, 5) is 13.9. The van der Waals surface area contributed by atoms with Gasteiger partial charge in [-0.05, 0) is 66.0 Å². The predicted octanol–water partition coefficient (Wildman–Crippen LogP) is 1.35. The minimum Gasteiger partial charge on any atom is -0.368 e. The fourth-order valence-electron chi connectivity index (χ4n) is 2.20. The molecule has 4 heteroatoms. The van der Waals surface area contributed by atoms with Gasteiger partial charge in [-0.1, -0.05) is 0 Å². The van der Waals surface area contributed by atoms with Gasteiger partial charge in [0.1, 0.15) is 0 Å². The number of amides is 1. The van der Waals surface area contributed by atoms with Crippen LogP contribution in [-0.2, 0) is 4.79 Å². The average molecular weight is 255 g/mol. The maximum Gasteiger partial charge on any atom is 0.237 e. The molecule has 106 valence electrons. The third-order valence-corrected chi connectivity index (χ3v) is 4.14. The summed E-state index contributed by atoms with van der Waals surface area (Å²) >= 11 is 0. The van der Waals surface area contributed by atoms with Gasteiger partial charge in [-0.15, -0.1) is 0 Å². The Morgan fingerprint density at radius 3 is 2.50 bits per heavy atom. The fourth-order valence-corrected chi connectivity index (χ4v) is 2.20. The summed E-state index contributed by atoms with van der Waals surface area (Å²) in [5.41, 5.74) is 4.87. The van der Waals surface area contributed by atoms with Crippen molar-refractivity contribution in [2.24, 2.45) is 11.7 Å². The van der Waals surface area contributed by atoms with Gasteiger partial charge in [0.05, 0.1) is 5.54 Å². The zero-order valence-corrected chi connectivity index (χ0v) is 12.3. The molecule has 1 saturated carbocycles. The van der Waals surface area contributed by atoms with Gasteiger partial charge >= 0.3 is 0 Å². The van der Waals surface area contributed by atoms with E-state index >= 15 is 0 Å². The van der Waals surface area contributed by atoms with Crippen LogP contribution in [0.4, 0.5) is 0 Å². The van der Waals surface area contributed by atoms with Gasteiger partial charge in [0.25, 0.3) is 0 Å². The Hall–Kier alpha value is -0.610. The van der Waals surface area contributed by atoms with Crippen LogP contribution in [0.15, 0.2) is 0 Å². The van der Waals surface area contributed by atoms with E-state index in [9.17, 15) is 4.79 Å². The molecule has 18 heavy (non-hydrogen) atoms. The van der Waals surface area contributed by atoms with Gasteiger partial charge in [0.15, 0.2) is 0 Å². The monoisotopic (exact) mass is 255 g/mol. The summed E-state index contributed by atoms with van der Waals surface area (Å²) in [6.45, 7) is 8.64. The Kier molecular flexibility index (Phi) is 5.60. The normalized spacial score (nSPS) is 19.2. The van der Waals surface area contributed by atoms with Gasteiger partial charge in [0, 0.05) is 12.6 Å². The lowest BCUT2D eigenvalue weighted by Gasteiger charge is -2.30. The van der Waals surface area contributed by atoms with Gasteiger partial charge in [-0.2, -0.15) is 0 Å². The molecule has 0 spiro atoms. The van der Waals surface area contributed by atoms with Crippen LogP contribution in [0.5, 0.6) is 0 Å². The molecule has 0 aliphatic heterocycles. The van der Waals surface area contributed by atoms with E-state index in [2.05, 4.69) is 24.1 Å². The Balaban J connectivity index is 2.34. The van der Waals surface area contributed by atoms with Crippen molar-refractivity contribution in [2.45, 2.75) is 58.0 Å². The molecule has 1 rings (SSSR count). The van der Waals surface area contributed by atoms with Crippen molar-refractivity contribution in [3.05, 3.63) is 0 Å². The lowest BCUT2D eigenvalue weighted by molar-refractivity contribution is -0.123. The number of nitrogens with zero attached hydrogens (tertiary/aromatic N) is 1. The number of hydrogen-bond acceptors (Lipinski definition) is 3. The van der Waals surface area contributed by atoms with Crippen molar-refractivity contribution in [2.75, 3.05) is 20.1 Å². The molecular formula is C14H29N3O. The molecule has 1 aliphatic carbocycles. The van der Waals surface area contributed by atoms with Gasteiger partial charge in [0.2, 0.25) is 5.91 Å². The number of rotatable bonds is 9. The lowest BCUT2D eigenvalue weighted by Crippen LogP contribution is -2.51. The van der Waals surface area contributed by atoms with Crippen molar-refractivity contribution in [3.63, 3.8) is 0 Å². The fraction of sp³-hybridized carbons (Fsp3) is 0.929. The molecule has 0 heterocycles. The van der Waals surface area contributed by atoms with E-state index in [1.165, 1.54) is 19.4 Å². The smallest absolute Gasteiger partial charge is 0.237 e. The quantitative estimate of drug-likeness (QED) is 0.654. The number of carbonyl (C=O) groups excluding carboxylic acids is 1. The molecule has 0 aromatic carbocycles. The largest absolute Gasteiger partial charge is 0.368 e. The predicted molar refractivity (Wildman–Crippen MR) is 75.3 cm³/mol. The summed E-state index contributed by atoms with van der Waals surface area (Å²) < 4.78 is 0. The van der Waals surface area contributed by atoms with E-state index in [4.69, 9.17) is 5.73 Å². The second kappa shape index (κ2) is 6.53. The highest BCUT2D eigenvalue weighted by molar-refractivity contribution is 5.84. The maximum absolute atomic E-state index is 11.4. The highest BCUT2D eigenvalue weighted by Crippen LogP contribution is 2.30. The van der Waals surface area contributed by atoms with Crippen LogP contribution in [0, 0.1) is 5.92 Å². The average Bonchev–Trinajstić information content (AvgIpc) is 3.10. The van der Waals surface area contributed by atoms with Crippen LogP contribution >= 0.6 is 0 Å².